The Hall–Kier alpha value is -2.25. The van der Waals surface area contributed by atoms with E-state index in [1.54, 1.807) is 25.7 Å². The van der Waals surface area contributed by atoms with Gasteiger partial charge in [0.2, 0.25) is 5.91 Å². The van der Waals surface area contributed by atoms with Crippen LogP contribution in [0.5, 0.6) is 0 Å². The standard InChI is InChI=1S/C20H25F3N2O3/c1-18(2,3)28-17(27)25-10-8-19(9-11-25)12-24-16(26)15(19)13-4-6-14(7-5-13)20(21,22)23/h4-7,15H,8-12H2,1-3H3,(H,24,26). The van der Waals surface area contributed by atoms with Crippen molar-refractivity contribution in [1.82, 2.24) is 10.2 Å². The van der Waals surface area contributed by atoms with Crippen molar-refractivity contribution in [1.29, 1.82) is 0 Å². The fraction of sp³-hybridized carbons (Fsp3) is 0.600. The van der Waals surface area contributed by atoms with Crippen molar-refractivity contribution < 1.29 is 27.5 Å². The molecule has 28 heavy (non-hydrogen) atoms. The lowest BCUT2D eigenvalue weighted by Gasteiger charge is -2.41. The third-order valence-electron chi connectivity index (χ3n) is 5.47. The fourth-order valence-corrected chi connectivity index (χ4v) is 4.04. The molecule has 2 aliphatic rings. The molecule has 2 heterocycles. The second-order valence-electron chi connectivity index (χ2n) is 8.60. The van der Waals surface area contributed by atoms with Crippen molar-refractivity contribution >= 4 is 12.0 Å². The van der Waals surface area contributed by atoms with Gasteiger partial charge in [0.05, 0.1) is 11.5 Å². The molecule has 2 saturated heterocycles. The minimum Gasteiger partial charge on any atom is -0.444 e. The molecule has 1 atom stereocenters. The van der Waals surface area contributed by atoms with E-state index in [0.717, 1.165) is 12.1 Å². The van der Waals surface area contributed by atoms with Gasteiger partial charge in [0.15, 0.2) is 0 Å². The lowest BCUT2D eigenvalue weighted by Crippen LogP contribution is -2.47. The highest BCUT2D eigenvalue weighted by molar-refractivity contribution is 5.87. The number of hydrogen-bond acceptors (Lipinski definition) is 3. The van der Waals surface area contributed by atoms with E-state index in [1.807, 2.05) is 0 Å². The molecule has 0 radical (unpaired) electrons. The summed E-state index contributed by atoms with van der Waals surface area (Å²) in [7, 11) is 0. The zero-order valence-electron chi connectivity index (χ0n) is 16.2. The van der Waals surface area contributed by atoms with Crippen LogP contribution in [0.25, 0.3) is 0 Å². The number of piperidine rings is 1. The topological polar surface area (TPSA) is 58.6 Å². The smallest absolute Gasteiger partial charge is 0.416 e. The SMILES string of the molecule is CC(C)(C)OC(=O)N1CCC2(CC1)CNC(=O)C2c1ccc(C(F)(F)F)cc1. The van der Waals surface area contributed by atoms with E-state index < -0.39 is 28.7 Å². The molecule has 154 valence electrons. The molecular formula is C20H25F3N2O3. The summed E-state index contributed by atoms with van der Waals surface area (Å²) in [5.41, 5.74) is -1.15. The normalized spacial score (nSPS) is 22.3. The lowest BCUT2D eigenvalue weighted by atomic mass is 9.68. The highest BCUT2D eigenvalue weighted by Gasteiger charge is 2.51. The van der Waals surface area contributed by atoms with Crippen molar-refractivity contribution in [2.45, 2.75) is 51.3 Å². The van der Waals surface area contributed by atoms with Crippen molar-refractivity contribution in [2.75, 3.05) is 19.6 Å². The molecule has 5 nitrogen and oxygen atoms in total. The molecule has 1 N–H and O–H groups in total. The minimum absolute atomic E-state index is 0.175. The maximum absolute atomic E-state index is 12.8. The third kappa shape index (κ3) is 4.10. The molecule has 0 aromatic heterocycles. The Morgan fingerprint density at radius 1 is 1.14 bits per heavy atom. The molecule has 2 fully saturated rings. The molecule has 1 aromatic carbocycles. The van der Waals surface area contributed by atoms with Gasteiger partial charge in [-0.3, -0.25) is 4.79 Å². The van der Waals surface area contributed by atoms with Crippen molar-refractivity contribution in [3.05, 3.63) is 35.4 Å². The summed E-state index contributed by atoms with van der Waals surface area (Å²) in [5.74, 6) is -0.693. The number of carbonyl (C=O) groups is 2. The summed E-state index contributed by atoms with van der Waals surface area (Å²) in [6.07, 6.45) is -3.63. The number of hydrogen-bond donors (Lipinski definition) is 1. The summed E-state index contributed by atoms with van der Waals surface area (Å²) in [4.78, 5) is 26.4. The van der Waals surface area contributed by atoms with E-state index in [0.29, 0.717) is 38.0 Å². The summed E-state index contributed by atoms with van der Waals surface area (Å²) < 4.78 is 43.9. The van der Waals surface area contributed by atoms with Gasteiger partial charge in [-0.15, -0.1) is 0 Å². The van der Waals surface area contributed by atoms with Crippen LogP contribution < -0.4 is 5.32 Å². The Morgan fingerprint density at radius 3 is 2.21 bits per heavy atom. The highest BCUT2D eigenvalue weighted by Crippen LogP contribution is 2.48. The van der Waals surface area contributed by atoms with Crippen LogP contribution in [-0.2, 0) is 15.7 Å². The second kappa shape index (κ2) is 6.97. The van der Waals surface area contributed by atoms with Gasteiger partial charge in [-0.05, 0) is 51.3 Å². The van der Waals surface area contributed by atoms with Gasteiger partial charge in [0, 0.05) is 25.0 Å². The molecule has 1 unspecified atom stereocenters. The fourth-order valence-electron chi connectivity index (χ4n) is 4.04. The van der Waals surface area contributed by atoms with Gasteiger partial charge in [0.1, 0.15) is 5.60 Å². The lowest BCUT2D eigenvalue weighted by molar-refractivity contribution is -0.137. The van der Waals surface area contributed by atoms with Crippen LogP contribution in [0.2, 0.25) is 0 Å². The summed E-state index contributed by atoms with van der Waals surface area (Å²) in [5, 5.41) is 2.86. The van der Waals surface area contributed by atoms with Gasteiger partial charge in [-0.1, -0.05) is 12.1 Å². The molecule has 0 bridgehead atoms. The Morgan fingerprint density at radius 2 is 1.71 bits per heavy atom. The number of likely N-dealkylation sites (tertiary alicyclic amines) is 1. The Labute approximate surface area is 162 Å². The zero-order valence-corrected chi connectivity index (χ0v) is 16.2. The number of benzene rings is 1. The first-order chi connectivity index (χ1) is 12.9. The highest BCUT2D eigenvalue weighted by atomic mass is 19.4. The van der Waals surface area contributed by atoms with Crippen molar-refractivity contribution in [2.24, 2.45) is 5.41 Å². The van der Waals surface area contributed by atoms with E-state index in [1.165, 1.54) is 12.1 Å². The molecule has 2 amide bonds. The number of nitrogens with zero attached hydrogens (tertiary/aromatic N) is 1. The van der Waals surface area contributed by atoms with Crippen LogP contribution >= 0.6 is 0 Å². The summed E-state index contributed by atoms with van der Waals surface area (Å²) in [6, 6.07) is 4.82. The first kappa shape index (κ1) is 20.5. The van der Waals surface area contributed by atoms with E-state index in [9.17, 15) is 22.8 Å². The van der Waals surface area contributed by atoms with Crippen LogP contribution in [-0.4, -0.2) is 42.1 Å². The van der Waals surface area contributed by atoms with Crippen LogP contribution in [0.1, 0.15) is 50.7 Å². The zero-order chi connectivity index (χ0) is 20.7. The number of carbonyl (C=O) groups excluding carboxylic acids is 2. The largest absolute Gasteiger partial charge is 0.444 e. The van der Waals surface area contributed by atoms with Gasteiger partial charge in [0.25, 0.3) is 0 Å². The average Bonchev–Trinajstić information content (AvgIpc) is 2.89. The van der Waals surface area contributed by atoms with Gasteiger partial charge >= 0.3 is 12.3 Å². The quantitative estimate of drug-likeness (QED) is 0.780. The van der Waals surface area contributed by atoms with E-state index in [4.69, 9.17) is 4.74 Å². The van der Waals surface area contributed by atoms with Gasteiger partial charge in [-0.2, -0.15) is 13.2 Å². The van der Waals surface area contributed by atoms with Crippen LogP contribution in [0.15, 0.2) is 24.3 Å². The maximum Gasteiger partial charge on any atom is 0.416 e. The number of ether oxygens (including phenoxy) is 1. The second-order valence-corrected chi connectivity index (χ2v) is 8.60. The predicted molar refractivity (Wildman–Crippen MR) is 96.7 cm³/mol. The molecule has 3 rings (SSSR count). The van der Waals surface area contributed by atoms with Crippen LogP contribution in [0.4, 0.5) is 18.0 Å². The van der Waals surface area contributed by atoms with Crippen molar-refractivity contribution in [3.63, 3.8) is 0 Å². The maximum atomic E-state index is 12.8. The molecular weight excluding hydrogens is 373 g/mol. The molecule has 8 heteroatoms. The van der Waals surface area contributed by atoms with Gasteiger partial charge in [-0.25, -0.2) is 4.79 Å². The predicted octanol–water partition coefficient (Wildman–Crippen LogP) is 3.94. The Balaban J connectivity index is 1.75. The van der Waals surface area contributed by atoms with E-state index in [2.05, 4.69) is 5.32 Å². The van der Waals surface area contributed by atoms with E-state index >= 15 is 0 Å². The number of rotatable bonds is 1. The molecule has 0 saturated carbocycles. The Bertz CT molecular complexity index is 745. The number of alkyl halides is 3. The molecule has 0 aliphatic carbocycles. The van der Waals surface area contributed by atoms with Gasteiger partial charge < -0.3 is 15.0 Å². The summed E-state index contributed by atoms with van der Waals surface area (Å²) in [6.45, 7) is 6.76. The summed E-state index contributed by atoms with van der Waals surface area (Å²) >= 11 is 0. The molecule has 1 aromatic rings. The number of nitrogens with one attached hydrogen (secondary N) is 1. The molecule has 2 aliphatic heterocycles. The number of halogens is 3. The number of amides is 2. The van der Waals surface area contributed by atoms with Crippen LogP contribution in [0, 0.1) is 5.41 Å². The average molecular weight is 398 g/mol. The third-order valence-corrected chi connectivity index (χ3v) is 5.47. The van der Waals surface area contributed by atoms with Crippen molar-refractivity contribution in [3.8, 4) is 0 Å². The first-order valence-electron chi connectivity index (χ1n) is 9.34. The van der Waals surface area contributed by atoms with Crippen LogP contribution in [0.3, 0.4) is 0 Å². The minimum atomic E-state index is -4.41. The first-order valence-corrected chi connectivity index (χ1v) is 9.34. The Kier molecular flexibility index (Phi) is 5.10. The van der Waals surface area contributed by atoms with E-state index in [-0.39, 0.29) is 12.0 Å². The monoisotopic (exact) mass is 398 g/mol. The molecule has 1 spiro atoms.